The fourth-order valence-corrected chi connectivity index (χ4v) is 7.36. The van der Waals surface area contributed by atoms with Gasteiger partial charge in [-0.15, -0.1) is 0 Å². The molecule has 1 aliphatic heterocycles. The Morgan fingerprint density at radius 1 is 0.395 bits per heavy atom. The summed E-state index contributed by atoms with van der Waals surface area (Å²) in [5, 5.41) is 6.95. The fraction of sp³-hybridized carbons (Fsp3) is 0. The number of para-hydroxylation sites is 2. The van der Waals surface area contributed by atoms with Crippen LogP contribution in [0.5, 0.6) is 0 Å². The second kappa shape index (κ2) is 8.73. The van der Waals surface area contributed by atoms with Gasteiger partial charge in [0.15, 0.2) is 0 Å². The monoisotopic (exact) mass is 520 g/mol. The molecule has 0 N–H and O–H groups in total. The van der Waals surface area contributed by atoms with Crippen molar-refractivity contribution in [2.45, 2.75) is 19.8 Å². The average Bonchev–Trinajstić information content (AvgIpc) is 2.98. The van der Waals surface area contributed by atoms with E-state index >= 15 is 0 Å². The maximum absolute atomic E-state index is 4.95. The van der Waals surface area contributed by atoms with Crippen LogP contribution in [-0.2, 0) is 0 Å². The van der Waals surface area contributed by atoms with E-state index in [1.54, 1.807) is 23.5 Å². The normalized spacial score (nSPS) is 12.5. The zero-order chi connectivity index (χ0) is 25.1. The van der Waals surface area contributed by atoms with Gasteiger partial charge >= 0.3 is 0 Å². The van der Waals surface area contributed by atoms with Crippen molar-refractivity contribution in [2.24, 2.45) is 0 Å². The Bertz CT molecular complexity index is 1900. The molecule has 0 saturated heterocycles. The summed E-state index contributed by atoms with van der Waals surface area (Å²) in [5.74, 6) is 0. The molecule has 0 bridgehead atoms. The SMILES string of the molecule is c1ccc2cc(-c3cc4c(cc3-c3ccc5ccccc5c3)Sc3nc5ccccc5nc3S4)ccc2c1. The molecule has 0 unspecified atom stereocenters. The highest BCUT2D eigenvalue weighted by atomic mass is 32.2. The minimum absolute atomic E-state index is 0.935. The van der Waals surface area contributed by atoms with Crippen molar-refractivity contribution in [3.8, 4) is 22.3 Å². The third-order valence-electron chi connectivity index (χ3n) is 7.13. The van der Waals surface area contributed by atoms with Crippen molar-refractivity contribution in [3.05, 3.63) is 121 Å². The van der Waals surface area contributed by atoms with Gasteiger partial charge in [0.05, 0.1) is 11.0 Å². The Kier molecular flexibility index (Phi) is 5.03. The van der Waals surface area contributed by atoms with Gasteiger partial charge in [-0.2, -0.15) is 0 Å². The quantitative estimate of drug-likeness (QED) is 0.226. The zero-order valence-corrected chi connectivity index (χ0v) is 21.9. The summed E-state index contributed by atoms with van der Waals surface area (Å²) in [4.78, 5) is 12.3. The molecular formula is C34H20N2S2. The third-order valence-corrected chi connectivity index (χ3v) is 9.46. The van der Waals surface area contributed by atoms with Gasteiger partial charge in [-0.05, 0) is 80.2 Å². The van der Waals surface area contributed by atoms with Crippen molar-refractivity contribution < 1.29 is 0 Å². The van der Waals surface area contributed by atoms with Gasteiger partial charge in [-0.3, -0.25) is 0 Å². The minimum Gasteiger partial charge on any atom is -0.237 e. The summed E-state index contributed by atoms with van der Waals surface area (Å²) in [7, 11) is 0. The lowest BCUT2D eigenvalue weighted by Gasteiger charge is -2.21. The van der Waals surface area contributed by atoms with Gasteiger partial charge < -0.3 is 0 Å². The fourth-order valence-electron chi connectivity index (χ4n) is 5.22. The Hall–Kier alpha value is -4.12. The zero-order valence-electron chi connectivity index (χ0n) is 20.3. The topological polar surface area (TPSA) is 25.8 Å². The Balaban J connectivity index is 1.34. The average molecular weight is 521 g/mol. The number of nitrogens with zero attached hydrogens (tertiary/aromatic N) is 2. The molecular weight excluding hydrogens is 501 g/mol. The molecule has 0 fully saturated rings. The van der Waals surface area contributed by atoms with E-state index in [0.29, 0.717) is 0 Å². The van der Waals surface area contributed by atoms with Gasteiger partial charge in [0.1, 0.15) is 10.1 Å². The van der Waals surface area contributed by atoms with Gasteiger partial charge in [-0.25, -0.2) is 9.97 Å². The van der Waals surface area contributed by atoms with Crippen LogP contribution in [0, 0.1) is 0 Å². The van der Waals surface area contributed by atoms with E-state index in [1.165, 1.54) is 53.6 Å². The Morgan fingerprint density at radius 2 is 0.816 bits per heavy atom. The van der Waals surface area contributed by atoms with Crippen LogP contribution in [0.25, 0.3) is 54.8 Å². The van der Waals surface area contributed by atoms with Crippen LogP contribution in [0.15, 0.2) is 141 Å². The Morgan fingerprint density at radius 3 is 1.29 bits per heavy atom. The van der Waals surface area contributed by atoms with Gasteiger partial charge in [-0.1, -0.05) is 108 Å². The largest absolute Gasteiger partial charge is 0.237 e. The highest BCUT2D eigenvalue weighted by Crippen LogP contribution is 2.50. The maximum Gasteiger partial charge on any atom is 0.134 e. The molecule has 1 aliphatic rings. The first-order valence-corrected chi connectivity index (χ1v) is 14.2. The molecule has 6 aromatic carbocycles. The summed E-state index contributed by atoms with van der Waals surface area (Å²) >= 11 is 3.44. The summed E-state index contributed by atoms with van der Waals surface area (Å²) < 4.78 is 0. The van der Waals surface area contributed by atoms with E-state index in [1.807, 2.05) is 24.3 Å². The number of hydrogen-bond acceptors (Lipinski definition) is 4. The highest BCUT2D eigenvalue weighted by molar-refractivity contribution is 8.05. The lowest BCUT2D eigenvalue weighted by Crippen LogP contribution is -1.98. The first-order valence-electron chi connectivity index (χ1n) is 12.6. The number of benzene rings is 6. The summed E-state index contributed by atoms with van der Waals surface area (Å²) in [6, 6.07) is 43.5. The summed E-state index contributed by atoms with van der Waals surface area (Å²) in [5.41, 5.74) is 6.77. The van der Waals surface area contributed by atoms with Crippen molar-refractivity contribution in [1.29, 1.82) is 0 Å². The number of rotatable bonds is 2. The molecule has 0 saturated carbocycles. The Labute approximate surface area is 228 Å². The first kappa shape index (κ1) is 21.9. The number of aromatic nitrogens is 2. The maximum atomic E-state index is 4.95. The van der Waals surface area contributed by atoms with Crippen LogP contribution in [0.3, 0.4) is 0 Å². The van der Waals surface area contributed by atoms with E-state index in [9.17, 15) is 0 Å². The predicted octanol–water partition coefficient (Wildman–Crippen LogP) is 9.89. The summed E-state index contributed by atoms with van der Waals surface area (Å²) in [6.45, 7) is 0. The molecule has 4 heteroatoms. The van der Waals surface area contributed by atoms with Crippen LogP contribution in [0.2, 0.25) is 0 Å². The van der Waals surface area contributed by atoms with Crippen molar-refractivity contribution >= 4 is 56.1 Å². The van der Waals surface area contributed by atoms with Crippen molar-refractivity contribution in [2.75, 3.05) is 0 Å². The van der Waals surface area contributed by atoms with E-state index in [2.05, 4.69) is 97.1 Å². The minimum atomic E-state index is 0.935. The van der Waals surface area contributed by atoms with Crippen LogP contribution < -0.4 is 0 Å². The van der Waals surface area contributed by atoms with E-state index < -0.39 is 0 Å². The molecule has 0 amide bonds. The van der Waals surface area contributed by atoms with E-state index in [-0.39, 0.29) is 0 Å². The molecule has 1 aromatic heterocycles. The van der Waals surface area contributed by atoms with Gasteiger partial charge in [0.2, 0.25) is 0 Å². The highest BCUT2D eigenvalue weighted by Gasteiger charge is 2.23. The van der Waals surface area contributed by atoms with Gasteiger partial charge in [0.25, 0.3) is 0 Å². The van der Waals surface area contributed by atoms with Crippen molar-refractivity contribution in [3.63, 3.8) is 0 Å². The first-order chi connectivity index (χ1) is 18.8. The van der Waals surface area contributed by atoms with Crippen LogP contribution in [0.4, 0.5) is 0 Å². The van der Waals surface area contributed by atoms with Crippen LogP contribution in [-0.4, -0.2) is 9.97 Å². The van der Waals surface area contributed by atoms with Crippen LogP contribution in [0.1, 0.15) is 0 Å². The smallest absolute Gasteiger partial charge is 0.134 e. The standard InChI is InChI=1S/C34H20N2S2/c1-3-9-23-17-25(15-13-21(23)7-1)27-19-31-32(20-28(27)26-16-14-22-8-2-4-10-24(22)18-26)38-34-33(37-31)35-29-11-5-6-12-30(29)36-34/h1-20H. The molecule has 178 valence electrons. The molecule has 2 heterocycles. The molecule has 7 aromatic rings. The lowest BCUT2D eigenvalue weighted by atomic mass is 9.92. The van der Waals surface area contributed by atoms with Crippen molar-refractivity contribution in [1.82, 2.24) is 9.97 Å². The number of hydrogen-bond donors (Lipinski definition) is 0. The molecule has 38 heavy (non-hydrogen) atoms. The van der Waals surface area contributed by atoms with E-state index in [4.69, 9.17) is 9.97 Å². The molecule has 0 aliphatic carbocycles. The predicted molar refractivity (Wildman–Crippen MR) is 160 cm³/mol. The number of fused-ring (bicyclic) bond motifs is 5. The second-order valence-electron chi connectivity index (χ2n) is 9.50. The molecule has 0 radical (unpaired) electrons. The molecule has 2 nitrogen and oxygen atoms in total. The molecule has 0 spiro atoms. The lowest BCUT2D eigenvalue weighted by molar-refractivity contribution is 0.953. The second-order valence-corrected chi connectivity index (χ2v) is 11.6. The third kappa shape index (κ3) is 3.68. The molecule has 0 atom stereocenters. The summed E-state index contributed by atoms with van der Waals surface area (Å²) in [6.07, 6.45) is 0. The van der Waals surface area contributed by atoms with Gasteiger partial charge in [0, 0.05) is 9.79 Å². The molecule has 8 rings (SSSR count). The van der Waals surface area contributed by atoms with E-state index in [0.717, 1.165) is 21.1 Å². The van der Waals surface area contributed by atoms with Crippen LogP contribution >= 0.6 is 23.5 Å².